The minimum atomic E-state index is 0.755. The quantitative estimate of drug-likeness (QED) is 0.847. The maximum atomic E-state index is 5.93. The van der Waals surface area contributed by atoms with E-state index in [0.29, 0.717) is 0 Å². The third kappa shape index (κ3) is 2.11. The van der Waals surface area contributed by atoms with E-state index < -0.39 is 0 Å². The Morgan fingerprint density at radius 3 is 3.00 bits per heavy atom. The number of pyridine rings is 1. The lowest BCUT2D eigenvalue weighted by atomic mass is 10.1. The van der Waals surface area contributed by atoms with Gasteiger partial charge in [0.25, 0.3) is 0 Å². The Bertz CT molecular complexity index is 511. The van der Waals surface area contributed by atoms with Crippen LogP contribution in [0.1, 0.15) is 13.3 Å². The van der Waals surface area contributed by atoms with Crippen molar-refractivity contribution >= 4 is 38.2 Å². The van der Waals surface area contributed by atoms with Gasteiger partial charge in [0.15, 0.2) is 0 Å². The molecule has 0 unspecified atom stereocenters. The monoisotopic (exact) mass is 279 g/mol. The molecule has 0 saturated heterocycles. The van der Waals surface area contributed by atoms with Crippen LogP contribution in [0.25, 0.3) is 10.9 Å². The highest BCUT2D eigenvalue weighted by atomic mass is 79.9. The summed E-state index contributed by atoms with van der Waals surface area (Å²) in [5, 5.41) is 4.33. The first kappa shape index (κ1) is 11.2. The second-order valence-electron chi connectivity index (χ2n) is 3.68. The highest BCUT2D eigenvalue weighted by Crippen LogP contribution is 2.28. The van der Waals surface area contributed by atoms with Crippen molar-refractivity contribution in [1.82, 2.24) is 4.98 Å². The summed E-state index contributed by atoms with van der Waals surface area (Å²) < 4.78 is 0.944. The van der Waals surface area contributed by atoms with Crippen molar-refractivity contribution in [3.05, 3.63) is 28.9 Å². The van der Waals surface area contributed by atoms with Crippen LogP contribution in [0.5, 0.6) is 0 Å². The topological polar surface area (TPSA) is 50.9 Å². The van der Waals surface area contributed by atoms with Gasteiger partial charge in [-0.05, 0) is 40.5 Å². The minimum absolute atomic E-state index is 0.755. The molecule has 16 heavy (non-hydrogen) atoms. The second kappa shape index (κ2) is 4.70. The minimum Gasteiger partial charge on any atom is -0.398 e. The lowest BCUT2D eigenvalue weighted by Crippen LogP contribution is -2.01. The summed E-state index contributed by atoms with van der Waals surface area (Å²) in [5.41, 5.74) is 8.66. The van der Waals surface area contributed by atoms with E-state index in [2.05, 4.69) is 33.2 Å². The Balaban J connectivity index is 2.55. The molecular weight excluding hydrogens is 266 g/mol. The predicted octanol–water partition coefficient (Wildman–Crippen LogP) is 3.40. The Morgan fingerprint density at radius 1 is 1.44 bits per heavy atom. The van der Waals surface area contributed by atoms with Crippen molar-refractivity contribution < 1.29 is 0 Å². The fourth-order valence-electron chi connectivity index (χ4n) is 1.62. The van der Waals surface area contributed by atoms with Gasteiger partial charge >= 0.3 is 0 Å². The number of fused-ring (bicyclic) bond motifs is 1. The van der Waals surface area contributed by atoms with E-state index in [1.807, 2.05) is 18.2 Å². The van der Waals surface area contributed by atoms with Crippen LogP contribution in [0, 0.1) is 0 Å². The van der Waals surface area contributed by atoms with Gasteiger partial charge in [-0.15, -0.1) is 0 Å². The zero-order chi connectivity index (χ0) is 11.5. The molecule has 0 aliphatic heterocycles. The molecule has 4 heteroatoms. The van der Waals surface area contributed by atoms with Crippen molar-refractivity contribution in [3.8, 4) is 0 Å². The van der Waals surface area contributed by atoms with Crippen molar-refractivity contribution in [1.29, 1.82) is 0 Å². The van der Waals surface area contributed by atoms with Crippen molar-refractivity contribution in [2.75, 3.05) is 17.6 Å². The van der Waals surface area contributed by atoms with E-state index in [9.17, 15) is 0 Å². The average Bonchev–Trinajstić information content (AvgIpc) is 2.29. The van der Waals surface area contributed by atoms with Crippen LogP contribution < -0.4 is 11.1 Å². The molecular formula is C12H14BrN3. The van der Waals surface area contributed by atoms with Crippen LogP contribution in [-0.2, 0) is 0 Å². The van der Waals surface area contributed by atoms with Gasteiger partial charge in [-0.1, -0.05) is 6.92 Å². The Labute approximate surface area is 103 Å². The number of halogens is 1. The molecule has 0 aliphatic rings. The maximum absolute atomic E-state index is 5.93. The van der Waals surface area contributed by atoms with E-state index in [0.717, 1.165) is 39.7 Å². The van der Waals surface area contributed by atoms with Crippen LogP contribution in [-0.4, -0.2) is 11.5 Å². The Morgan fingerprint density at radius 2 is 2.25 bits per heavy atom. The van der Waals surface area contributed by atoms with Gasteiger partial charge in [0.05, 0.1) is 11.2 Å². The fraction of sp³-hybridized carbons (Fsp3) is 0.250. The first-order valence-electron chi connectivity index (χ1n) is 5.30. The molecule has 2 rings (SSSR count). The lowest BCUT2D eigenvalue weighted by molar-refractivity contribution is 0.981. The van der Waals surface area contributed by atoms with Gasteiger partial charge in [0.1, 0.15) is 0 Å². The van der Waals surface area contributed by atoms with Gasteiger partial charge in [-0.2, -0.15) is 0 Å². The van der Waals surface area contributed by atoms with E-state index >= 15 is 0 Å². The van der Waals surface area contributed by atoms with Crippen LogP contribution in [0.2, 0.25) is 0 Å². The number of aromatic nitrogens is 1. The largest absolute Gasteiger partial charge is 0.398 e. The molecule has 0 bridgehead atoms. The second-order valence-corrected chi connectivity index (χ2v) is 4.59. The summed E-state index contributed by atoms with van der Waals surface area (Å²) in [4.78, 5) is 4.41. The summed E-state index contributed by atoms with van der Waals surface area (Å²) in [6, 6.07) is 5.89. The summed E-state index contributed by atoms with van der Waals surface area (Å²) in [5.74, 6) is 0. The maximum Gasteiger partial charge on any atom is 0.0954 e. The van der Waals surface area contributed by atoms with Gasteiger partial charge in [0, 0.05) is 28.3 Å². The third-order valence-electron chi connectivity index (χ3n) is 2.42. The zero-order valence-corrected chi connectivity index (χ0v) is 10.7. The average molecular weight is 280 g/mol. The molecule has 3 nitrogen and oxygen atoms in total. The SMILES string of the molecule is CCCNc1ccc(N)c2cc(Br)cnc12. The molecule has 0 aliphatic carbocycles. The smallest absolute Gasteiger partial charge is 0.0954 e. The summed E-state index contributed by atoms with van der Waals surface area (Å²) in [6.07, 6.45) is 2.88. The van der Waals surface area contributed by atoms with Crippen molar-refractivity contribution in [2.45, 2.75) is 13.3 Å². The molecule has 0 fully saturated rings. The zero-order valence-electron chi connectivity index (χ0n) is 9.13. The van der Waals surface area contributed by atoms with Gasteiger partial charge < -0.3 is 11.1 Å². The van der Waals surface area contributed by atoms with E-state index in [1.54, 1.807) is 6.20 Å². The molecule has 0 radical (unpaired) electrons. The molecule has 0 saturated carbocycles. The van der Waals surface area contributed by atoms with E-state index in [-0.39, 0.29) is 0 Å². The summed E-state index contributed by atoms with van der Waals surface area (Å²) >= 11 is 3.41. The molecule has 0 spiro atoms. The number of nitrogen functional groups attached to an aromatic ring is 1. The number of nitrogens with two attached hydrogens (primary N) is 1. The number of anilines is 2. The van der Waals surface area contributed by atoms with E-state index in [1.165, 1.54) is 0 Å². The van der Waals surface area contributed by atoms with E-state index in [4.69, 9.17) is 5.73 Å². The predicted molar refractivity (Wildman–Crippen MR) is 72.6 cm³/mol. The number of benzene rings is 1. The lowest BCUT2D eigenvalue weighted by Gasteiger charge is -2.09. The normalized spacial score (nSPS) is 10.6. The third-order valence-corrected chi connectivity index (χ3v) is 2.85. The number of rotatable bonds is 3. The number of hydrogen-bond donors (Lipinski definition) is 2. The fourth-order valence-corrected chi connectivity index (χ4v) is 1.95. The summed E-state index contributed by atoms with van der Waals surface area (Å²) in [6.45, 7) is 3.08. The van der Waals surface area contributed by atoms with Crippen LogP contribution in [0.4, 0.5) is 11.4 Å². The molecule has 1 aromatic carbocycles. The van der Waals surface area contributed by atoms with Gasteiger partial charge in [-0.3, -0.25) is 4.98 Å². The number of nitrogens with zero attached hydrogens (tertiary/aromatic N) is 1. The van der Waals surface area contributed by atoms with Crippen molar-refractivity contribution in [2.24, 2.45) is 0 Å². The first-order valence-corrected chi connectivity index (χ1v) is 6.09. The van der Waals surface area contributed by atoms with Crippen molar-refractivity contribution in [3.63, 3.8) is 0 Å². The van der Waals surface area contributed by atoms with Crippen LogP contribution in [0.3, 0.4) is 0 Å². The Hall–Kier alpha value is -1.29. The molecule has 1 heterocycles. The molecule has 0 atom stereocenters. The molecule has 84 valence electrons. The molecule has 1 aromatic heterocycles. The highest BCUT2D eigenvalue weighted by molar-refractivity contribution is 9.10. The van der Waals surface area contributed by atoms with Gasteiger partial charge in [0.2, 0.25) is 0 Å². The first-order chi connectivity index (χ1) is 7.72. The summed E-state index contributed by atoms with van der Waals surface area (Å²) in [7, 11) is 0. The number of hydrogen-bond acceptors (Lipinski definition) is 3. The Kier molecular flexibility index (Phi) is 3.29. The van der Waals surface area contributed by atoms with Crippen LogP contribution >= 0.6 is 15.9 Å². The molecule has 3 N–H and O–H groups in total. The number of nitrogens with one attached hydrogen (secondary N) is 1. The molecule has 0 amide bonds. The van der Waals surface area contributed by atoms with Gasteiger partial charge in [-0.25, -0.2) is 0 Å². The standard InChI is InChI=1S/C12H14BrN3/c1-2-5-15-11-4-3-10(14)9-6-8(13)7-16-12(9)11/h3-4,6-7,15H,2,5,14H2,1H3. The van der Waals surface area contributed by atoms with Crippen LogP contribution in [0.15, 0.2) is 28.9 Å². The molecule has 2 aromatic rings. The highest BCUT2D eigenvalue weighted by Gasteiger charge is 2.05.